The van der Waals surface area contributed by atoms with Crippen molar-refractivity contribution in [2.24, 2.45) is 0 Å². The van der Waals surface area contributed by atoms with Crippen LogP contribution in [-0.2, 0) is 10.0 Å². The Kier molecular flexibility index (Phi) is 3.80. The standard InChI is InChI=1S/C13H15N5O2S/c19-21(20,12-3-1-5-14-11-12)18-9-7-17(8-10-18)13-4-2-6-15-16-13/h1-6,11H,7-10H2. The molecule has 2 aromatic heterocycles. The van der Waals surface area contributed by atoms with Crippen LogP contribution in [0.4, 0.5) is 5.82 Å². The van der Waals surface area contributed by atoms with Gasteiger partial charge in [0.15, 0.2) is 5.82 Å². The SMILES string of the molecule is O=S(=O)(c1cccnc1)N1CCN(c2cccnn2)CC1. The molecule has 3 rings (SSSR count). The summed E-state index contributed by atoms with van der Waals surface area (Å²) in [6.07, 6.45) is 4.56. The minimum absolute atomic E-state index is 0.234. The smallest absolute Gasteiger partial charge is 0.244 e. The average molecular weight is 305 g/mol. The molecule has 1 aliphatic heterocycles. The molecule has 0 bridgehead atoms. The van der Waals surface area contributed by atoms with Gasteiger partial charge in [-0.15, -0.1) is 5.10 Å². The van der Waals surface area contributed by atoms with Crippen LogP contribution in [-0.4, -0.2) is 54.1 Å². The summed E-state index contributed by atoms with van der Waals surface area (Å²) in [6.45, 7) is 2.04. The number of hydrogen-bond donors (Lipinski definition) is 0. The van der Waals surface area contributed by atoms with Crippen LogP contribution in [0, 0.1) is 0 Å². The van der Waals surface area contributed by atoms with Gasteiger partial charge in [0.25, 0.3) is 0 Å². The van der Waals surface area contributed by atoms with Crippen molar-refractivity contribution in [2.45, 2.75) is 4.90 Å². The summed E-state index contributed by atoms with van der Waals surface area (Å²) in [5.74, 6) is 0.774. The third kappa shape index (κ3) is 2.86. The Balaban J connectivity index is 1.72. The Hall–Kier alpha value is -2.06. The fourth-order valence-corrected chi connectivity index (χ4v) is 3.66. The van der Waals surface area contributed by atoms with Crippen molar-refractivity contribution in [3.05, 3.63) is 42.9 Å². The number of nitrogens with zero attached hydrogens (tertiary/aromatic N) is 5. The summed E-state index contributed by atoms with van der Waals surface area (Å²) in [6, 6.07) is 6.89. The fraction of sp³-hybridized carbons (Fsp3) is 0.308. The van der Waals surface area contributed by atoms with Gasteiger partial charge >= 0.3 is 0 Å². The number of aromatic nitrogens is 3. The summed E-state index contributed by atoms with van der Waals surface area (Å²) in [5, 5.41) is 7.89. The fourth-order valence-electron chi connectivity index (χ4n) is 2.27. The Morgan fingerprint density at radius 1 is 1.00 bits per heavy atom. The van der Waals surface area contributed by atoms with E-state index in [0.29, 0.717) is 26.2 Å². The van der Waals surface area contributed by atoms with E-state index in [0.717, 1.165) is 5.82 Å². The molecule has 1 aliphatic rings. The van der Waals surface area contributed by atoms with Gasteiger partial charge in [0, 0.05) is 44.8 Å². The lowest BCUT2D eigenvalue weighted by atomic mass is 10.3. The minimum Gasteiger partial charge on any atom is -0.352 e. The molecule has 8 heteroatoms. The number of rotatable bonds is 3. The highest BCUT2D eigenvalue weighted by molar-refractivity contribution is 7.89. The monoisotopic (exact) mass is 305 g/mol. The first-order chi connectivity index (χ1) is 10.2. The minimum atomic E-state index is -3.46. The van der Waals surface area contributed by atoms with E-state index in [2.05, 4.69) is 15.2 Å². The first kappa shape index (κ1) is 13.9. The molecule has 0 aliphatic carbocycles. The van der Waals surface area contributed by atoms with Crippen LogP contribution in [0.5, 0.6) is 0 Å². The maximum Gasteiger partial charge on any atom is 0.244 e. The Labute approximate surface area is 123 Å². The maximum absolute atomic E-state index is 12.5. The molecule has 0 unspecified atom stereocenters. The Morgan fingerprint density at radius 2 is 1.76 bits per heavy atom. The lowest BCUT2D eigenvalue weighted by molar-refractivity contribution is 0.383. The van der Waals surface area contributed by atoms with Crippen molar-refractivity contribution in [1.29, 1.82) is 0 Å². The van der Waals surface area contributed by atoms with Crippen LogP contribution < -0.4 is 4.90 Å². The number of piperazine rings is 1. The average Bonchev–Trinajstić information content (AvgIpc) is 2.57. The molecule has 0 radical (unpaired) electrons. The van der Waals surface area contributed by atoms with Gasteiger partial charge < -0.3 is 4.90 Å². The van der Waals surface area contributed by atoms with Gasteiger partial charge in [-0.05, 0) is 24.3 Å². The van der Waals surface area contributed by atoms with E-state index < -0.39 is 10.0 Å². The van der Waals surface area contributed by atoms with Crippen LogP contribution in [0.15, 0.2) is 47.8 Å². The van der Waals surface area contributed by atoms with Gasteiger partial charge in [0.1, 0.15) is 4.90 Å². The predicted molar refractivity (Wildman–Crippen MR) is 77.2 cm³/mol. The van der Waals surface area contributed by atoms with Gasteiger partial charge in [-0.25, -0.2) is 8.42 Å². The van der Waals surface area contributed by atoms with Crippen LogP contribution in [0.3, 0.4) is 0 Å². The first-order valence-corrected chi connectivity index (χ1v) is 8.05. The molecule has 2 aromatic rings. The van der Waals surface area contributed by atoms with Gasteiger partial charge in [0.05, 0.1) is 0 Å². The zero-order chi connectivity index (χ0) is 14.7. The van der Waals surface area contributed by atoms with Crippen LogP contribution >= 0.6 is 0 Å². The first-order valence-electron chi connectivity index (χ1n) is 6.61. The maximum atomic E-state index is 12.5. The van der Waals surface area contributed by atoms with Crippen LogP contribution in [0.2, 0.25) is 0 Å². The zero-order valence-electron chi connectivity index (χ0n) is 11.3. The number of pyridine rings is 1. The van der Waals surface area contributed by atoms with Gasteiger partial charge in [-0.2, -0.15) is 9.40 Å². The normalized spacial score (nSPS) is 16.9. The van der Waals surface area contributed by atoms with Crippen LogP contribution in [0.1, 0.15) is 0 Å². The molecule has 21 heavy (non-hydrogen) atoms. The second kappa shape index (κ2) is 5.74. The summed E-state index contributed by atoms with van der Waals surface area (Å²) in [7, 11) is -3.46. The van der Waals surface area contributed by atoms with Gasteiger partial charge in [-0.3, -0.25) is 4.98 Å². The van der Waals surface area contributed by atoms with E-state index in [4.69, 9.17) is 0 Å². The van der Waals surface area contributed by atoms with Gasteiger partial charge in [0.2, 0.25) is 10.0 Å². The molecule has 0 N–H and O–H groups in total. The predicted octanol–water partition coefficient (Wildman–Crippen LogP) is 0.383. The van der Waals surface area contributed by atoms with E-state index in [1.54, 1.807) is 24.5 Å². The molecule has 3 heterocycles. The molecule has 0 aromatic carbocycles. The number of anilines is 1. The second-order valence-electron chi connectivity index (χ2n) is 4.66. The number of sulfonamides is 1. The summed E-state index contributed by atoms with van der Waals surface area (Å²) < 4.78 is 26.4. The summed E-state index contributed by atoms with van der Waals surface area (Å²) in [4.78, 5) is 6.14. The summed E-state index contributed by atoms with van der Waals surface area (Å²) in [5.41, 5.74) is 0. The highest BCUT2D eigenvalue weighted by atomic mass is 32.2. The third-order valence-electron chi connectivity index (χ3n) is 3.39. The molecule has 1 saturated heterocycles. The second-order valence-corrected chi connectivity index (χ2v) is 6.60. The summed E-state index contributed by atoms with van der Waals surface area (Å²) >= 11 is 0. The van der Waals surface area contributed by atoms with E-state index in [9.17, 15) is 8.42 Å². The van der Waals surface area contributed by atoms with Crippen molar-refractivity contribution in [2.75, 3.05) is 31.1 Å². The van der Waals surface area contributed by atoms with Crippen molar-refractivity contribution in [3.8, 4) is 0 Å². The molecule has 0 amide bonds. The molecule has 0 atom stereocenters. The number of hydrogen-bond acceptors (Lipinski definition) is 6. The molecular weight excluding hydrogens is 290 g/mol. The molecule has 0 saturated carbocycles. The topological polar surface area (TPSA) is 79.3 Å². The van der Waals surface area contributed by atoms with E-state index in [1.165, 1.54) is 10.5 Å². The third-order valence-corrected chi connectivity index (χ3v) is 5.28. The molecule has 1 fully saturated rings. The van der Waals surface area contributed by atoms with Crippen molar-refractivity contribution in [3.63, 3.8) is 0 Å². The van der Waals surface area contributed by atoms with Crippen LogP contribution in [0.25, 0.3) is 0 Å². The highest BCUT2D eigenvalue weighted by Crippen LogP contribution is 2.18. The van der Waals surface area contributed by atoms with Crippen molar-refractivity contribution >= 4 is 15.8 Å². The largest absolute Gasteiger partial charge is 0.352 e. The van der Waals surface area contributed by atoms with E-state index in [1.807, 2.05) is 17.0 Å². The molecule has 0 spiro atoms. The van der Waals surface area contributed by atoms with Crippen molar-refractivity contribution in [1.82, 2.24) is 19.5 Å². The molecule has 110 valence electrons. The van der Waals surface area contributed by atoms with E-state index in [-0.39, 0.29) is 4.90 Å². The van der Waals surface area contributed by atoms with E-state index >= 15 is 0 Å². The highest BCUT2D eigenvalue weighted by Gasteiger charge is 2.28. The zero-order valence-corrected chi connectivity index (χ0v) is 12.1. The Morgan fingerprint density at radius 3 is 2.38 bits per heavy atom. The molecule has 7 nitrogen and oxygen atoms in total. The van der Waals surface area contributed by atoms with Crippen molar-refractivity contribution < 1.29 is 8.42 Å². The quantitative estimate of drug-likeness (QED) is 0.816. The van der Waals surface area contributed by atoms with Gasteiger partial charge in [-0.1, -0.05) is 0 Å². The Bertz CT molecular complexity index is 685. The molecular formula is C13H15N5O2S. The lowest BCUT2D eigenvalue weighted by Gasteiger charge is -2.34. The lowest BCUT2D eigenvalue weighted by Crippen LogP contribution is -2.48.